The van der Waals surface area contributed by atoms with Gasteiger partial charge in [-0.25, -0.2) is 0 Å². The number of halogens is 1. The van der Waals surface area contributed by atoms with Crippen LogP contribution in [0.15, 0.2) is 18.2 Å². The molecule has 0 aliphatic rings. The molecule has 0 unspecified atom stereocenters. The monoisotopic (exact) mass is 270 g/mol. The predicted octanol–water partition coefficient (Wildman–Crippen LogP) is 2.95. The average Bonchev–Trinajstić information content (AvgIpc) is 2.15. The lowest BCUT2D eigenvalue weighted by atomic mass is 10.0. The Labute approximate surface area is 98.4 Å². The van der Waals surface area contributed by atoms with Gasteiger partial charge in [-0.05, 0) is 36.5 Å². The van der Waals surface area contributed by atoms with E-state index in [2.05, 4.69) is 15.9 Å². The maximum atomic E-state index is 10.5. The molecule has 0 saturated carbocycles. The van der Waals surface area contributed by atoms with Gasteiger partial charge in [-0.15, -0.1) is 0 Å². The number of carboxylic acid groups (broad SMARTS) is 1. The molecule has 0 amide bonds. The molecule has 0 bridgehead atoms. The van der Waals surface area contributed by atoms with Gasteiger partial charge in [0.15, 0.2) is 0 Å². The van der Waals surface area contributed by atoms with Crippen LogP contribution in [0.5, 0.6) is 0 Å². The number of aliphatic carboxylic acids is 1. The highest BCUT2D eigenvalue weighted by Gasteiger charge is 2.03. The summed E-state index contributed by atoms with van der Waals surface area (Å²) in [4.78, 5) is 10.5. The van der Waals surface area contributed by atoms with Crippen LogP contribution in [0.1, 0.15) is 23.1 Å². The van der Waals surface area contributed by atoms with Crippen LogP contribution in [-0.2, 0) is 17.6 Å². The average molecular weight is 271 g/mol. The second kappa shape index (κ2) is 5.91. The van der Waals surface area contributed by atoms with Gasteiger partial charge in [0.25, 0.3) is 0 Å². The number of hydrogen-bond donors (Lipinski definition) is 1. The van der Waals surface area contributed by atoms with Crippen molar-refractivity contribution in [2.75, 3.05) is 5.33 Å². The zero-order valence-corrected chi connectivity index (χ0v) is 10.4. The highest BCUT2D eigenvalue weighted by molar-refractivity contribution is 9.09. The molecule has 2 nitrogen and oxygen atoms in total. The minimum Gasteiger partial charge on any atom is -0.481 e. The Bertz CT molecular complexity index is 347. The van der Waals surface area contributed by atoms with E-state index in [9.17, 15) is 4.79 Å². The molecule has 82 valence electrons. The van der Waals surface area contributed by atoms with Gasteiger partial charge in [0.05, 0.1) is 6.42 Å². The Morgan fingerprint density at radius 1 is 1.47 bits per heavy atom. The number of hydrogen-bond acceptors (Lipinski definition) is 1. The molecule has 0 radical (unpaired) electrons. The second-order valence-electron chi connectivity index (χ2n) is 3.62. The molecule has 15 heavy (non-hydrogen) atoms. The molecule has 0 atom stereocenters. The van der Waals surface area contributed by atoms with E-state index in [-0.39, 0.29) is 6.42 Å². The van der Waals surface area contributed by atoms with E-state index in [1.54, 1.807) is 0 Å². The molecule has 0 heterocycles. The van der Waals surface area contributed by atoms with Crippen LogP contribution in [0.2, 0.25) is 0 Å². The third-order valence-corrected chi connectivity index (χ3v) is 2.90. The summed E-state index contributed by atoms with van der Waals surface area (Å²) in [6, 6.07) is 5.92. The topological polar surface area (TPSA) is 37.3 Å². The summed E-state index contributed by atoms with van der Waals surface area (Å²) in [7, 11) is 0. The van der Waals surface area contributed by atoms with Crippen molar-refractivity contribution >= 4 is 21.9 Å². The van der Waals surface area contributed by atoms with Crippen LogP contribution in [0.25, 0.3) is 0 Å². The zero-order chi connectivity index (χ0) is 11.3. The smallest absolute Gasteiger partial charge is 0.307 e. The molecular weight excluding hydrogens is 256 g/mol. The summed E-state index contributed by atoms with van der Waals surface area (Å²) in [5.74, 6) is -0.775. The third-order valence-electron chi connectivity index (χ3n) is 2.34. The van der Waals surface area contributed by atoms with Crippen LogP contribution >= 0.6 is 15.9 Å². The van der Waals surface area contributed by atoms with E-state index in [0.29, 0.717) is 0 Å². The molecule has 1 aromatic carbocycles. The molecule has 0 aliphatic heterocycles. The minimum absolute atomic E-state index is 0.111. The first-order chi connectivity index (χ1) is 7.13. The van der Waals surface area contributed by atoms with Crippen molar-refractivity contribution in [3.8, 4) is 0 Å². The Balaban J connectivity index is 2.74. The quantitative estimate of drug-likeness (QED) is 0.836. The Morgan fingerprint density at radius 2 is 2.20 bits per heavy atom. The van der Waals surface area contributed by atoms with Crippen LogP contribution in [0.3, 0.4) is 0 Å². The van der Waals surface area contributed by atoms with E-state index in [4.69, 9.17) is 5.11 Å². The normalized spacial score (nSPS) is 10.3. The van der Waals surface area contributed by atoms with Gasteiger partial charge in [0.2, 0.25) is 0 Å². The predicted molar refractivity (Wildman–Crippen MR) is 64.6 cm³/mol. The number of alkyl halides is 1. The molecule has 0 aliphatic carbocycles. The maximum absolute atomic E-state index is 10.5. The summed E-state index contributed by atoms with van der Waals surface area (Å²) in [6.45, 7) is 2.04. The van der Waals surface area contributed by atoms with Crippen LogP contribution in [0, 0.1) is 6.92 Å². The summed E-state index contributed by atoms with van der Waals surface area (Å²) in [5.41, 5.74) is 3.38. The summed E-state index contributed by atoms with van der Waals surface area (Å²) >= 11 is 3.40. The van der Waals surface area contributed by atoms with Crippen molar-refractivity contribution < 1.29 is 9.90 Å². The highest BCUT2D eigenvalue weighted by atomic mass is 79.9. The molecule has 1 rings (SSSR count). The second-order valence-corrected chi connectivity index (χ2v) is 4.42. The van der Waals surface area contributed by atoms with Crippen LogP contribution in [0.4, 0.5) is 0 Å². The van der Waals surface area contributed by atoms with Crippen molar-refractivity contribution in [2.45, 2.75) is 26.2 Å². The zero-order valence-electron chi connectivity index (χ0n) is 8.79. The number of carbonyl (C=O) groups is 1. The summed E-state index contributed by atoms with van der Waals surface area (Å²) < 4.78 is 0. The number of aryl methyl sites for hydroxylation is 2. The SMILES string of the molecule is Cc1cc(CC(=O)O)ccc1CCCBr. The van der Waals surface area contributed by atoms with Crippen molar-refractivity contribution in [1.82, 2.24) is 0 Å². The molecule has 0 aromatic heterocycles. The number of rotatable bonds is 5. The fourth-order valence-corrected chi connectivity index (χ4v) is 1.86. The first kappa shape index (κ1) is 12.2. The Hall–Kier alpha value is -0.830. The van der Waals surface area contributed by atoms with Gasteiger partial charge < -0.3 is 5.11 Å². The van der Waals surface area contributed by atoms with Gasteiger partial charge in [-0.3, -0.25) is 4.79 Å². The van der Waals surface area contributed by atoms with Crippen molar-refractivity contribution in [1.29, 1.82) is 0 Å². The van der Waals surface area contributed by atoms with Gasteiger partial charge in [-0.2, -0.15) is 0 Å². The van der Waals surface area contributed by atoms with Crippen LogP contribution < -0.4 is 0 Å². The molecule has 1 aromatic rings. The molecule has 0 saturated heterocycles. The molecule has 0 fully saturated rings. The van der Waals surface area contributed by atoms with Crippen molar-refractivity contribution in [3.63, 3.8) is 0 Å². The fourth-order valence-electron chi connectivity index (χ4n) is 1.58. The number of carboxylic acids is 1. The standard InChI is InChI=1S/C12H15BrO2/c1-9-7-10(8-12(14)15)4-5-11(9)3-2-6-13/h4-5,7H,2-3,6,8H2,1H3,(H,14,15). The molecule has 3 heteroatoms. The van der Waals surface area contributed by atoms with E-state index in [1.165, 1.54) is 11.1 Å². The molecule has 1 N–H and O–H groups in total. The van der Waals surface area contributed by atoms with E-state index in [0.717, 1.165) is 23.7 Å². The van der Waals surface area contributed by atoms with Gasteiger partial charge in [-0.1, -0.05) is 34.1 Å². The summed E-state index contributed by atoms with van der Waals surface area (Å²) in [6.07, 6.45) is 2.27. The van der Waals surface area contributed by atoms with Gasteiger partial charge in [0, 0.05) is 5.33 Å². The Morgan fingerprint density at radius 3 is 2.73 bits per heavy atom. The van der Waals surface area contributed by atoms with E-state index < -0.39 is 5.97 Å². The largest absolute Gasteiger partial charge is 0.481 e. The van der Waals surface area contributed by atoms with E-state index >= 15 is 0 Å². The lowest BCUT2D eigenvalue weighted by molar-refractivity contribution is -0.136. The summed E-state index contributed by atoms with van der Waals surface area (Å²) in [5, 5.41) is 9.67. The Kier molecular flexibility index (Phi) is 4.82. The van der Waals surface area contributed by atoms with Crippen molar-refractivity contribution in [2.24, 2.45) is 0 Å². The number of benzene rings is 1. The lowest BCUT2D eigenvalue weighted by Crippen LogP contribution is -2.01. The van der Waals surface area contributed by atoms with Gasteiger partial charge in [0.1, 0.15) is 0 Å². The third kappa shape index (κ3) is 4.04. The lowest BCUT2D eigenvalue weighted by Gasteiger charge is -2.06. The van der Waals surface area contributed by atoms with Crippen LogP contribution in [-0.4, -0.2) is 16.4 Å². The van der Waals surface area contributed by atoms with Crippen molar-refractivity contribution in [3.05, 3.63) is 34.9 Å². The maximum Gasteiger partial charge on any atom is 0.307 e. The first-order valence-electron chi connectivity index (χ1n) is 4.99. The highest BCUT2D eigenvalue weighted by Crippen LogP contribution is 2.14. The first-order valence-corrected chi connectivity index (χ1v) is 6.12. The fraction of sp³-hybridized carbons (Fsp3) is 0.417. The molecule has 0 spiro atoms. The van der Waals surface area contributed by atoms with E-state index in [1.807, 2.05) is 25.1 Å². The minimum atomic E-state index is -0.775. The molecular formula is C12H15BrO2. The van der Waals surface area contributed by atoms with Gasteiger partial charge >= 0.3 is 5.97 Å².